The minimum absolute atomic E-state index is 0.287. The molecule has 17 heavy (non-hydrogen) atoms. The smallest absolute Gasteiger partial charge is 0.146 e. The quantitative estimate of drug-likeness (QED) is 0.859. The van der Waals surface area contributed by atoms with Gasteiger partial charge in [-0.25, -0.2) is 4.98 Å². The molecule has 0 saturated carbocycles. The summed E-state index contributed by atoms with van der Waals surface area (Å²) in [6.45, 7) is 2.06. The van der Waals surface area contributed by atoms with Crippen molar-refractivity contribution in [1.29, 1.82) is 5.26 Å². The Bertz CT molecular complexity index is 431. The summed E-state index contributed by atoms with van der Waals surface area (Å²) in [4.78, 5) is 4.04. The van der Waals surface area contributed by atoms with E-state index >= 15 is 0 Å². The van der Waals surface area contributed by atoms with Crippen LogP contribution in [0, 0.1) is 11.3 Å². The average molecular weight is 272 g/mol. The van der Waals surface area contributed by atoms with Crippen LogP contribution in [0.4, 0.5) is 5.82 Å². The standard InChI is InChI=1S/C11H14ClN3OS/c1-11(16,7-17-2)6-15-10-9(12)8(5-13)3-4-14-10/h3-4,16H,6-7H2,1-2H3,(H,14,15). The minimum Gasteiger partial charge on any atom is -0.387 e. The molecule has 6 heteroatoms. The predicted molar refractivity (Wildman–Crippen MR) is 71.5 cm³/mol. The predicted octanol–water partition coefficient (Wildman–Crippen LogP) is 2.13. The van der Waals surface area contributed by atoms with E-state index in [2.05, 4.69) is 10.3 Å². The van der Waals surface area contributed by atoms with Crippen molar-refractivity contribution in [3.63, 3.8) is 0 Å². The highest BCUT2D eigenvalue weighted by molar-refractivity contribution is 7.98. The summed E-state index contributed by atoms with van der Waals surface area (Å²) in [5.41, 5.74) is -0.471. The maximum atomic E-state index is 9.97. The minimum atomic E-state index is -0.840. The first-order valence-corrected chi connectivity index (χ1v) is 6.77. The number of aromatic nitrogens is 1. The van der Waals surface area contributed by atoms with Crippen LogP contribution in [0.25, 0.3) is 0 Å². The first-order valence-electron chi connectivity index (χ1n) is 5.00. The van der Waals surface area contributed by atoms with Crippen LogP contribution in [0.5, 0.6) is 0 Å². The van der Waals surface area contributed by atoms with Crippen molar-refractivity contribution in [1.82, 2.24) is 4.98 Å². The second-order valence-electron chi connectivity index (χ2n) is 3.92. The van der Waals surface area contributed by atoms with Gasteiger partial charge in [-0.2, -0.15) is 17.0 Å². The Labute approximate surface area is 110 Å². The van der Waals surface area contributed by atoms with Crippen LogP contribution in [0.1, 0.15) is 12.5 Å². The number of hydrogen-bond acceptors (Lipinski definition) is 5. The fourth-order valence-electron chi connectivity index (χ4n) is 1.29. The SMILES string of the molecule is CSCC(C)(O)CNc1nccc(C#N)c1Cl. The van der Waals surface area contributed by atoms with Gasteiger partial charge in [0.1, 0.15) is 16.9 Å². The van der Waals surface area contributed by atoms with Crippen LogP contribution in [0.3, 0.4) is 0 Å². The first-order chi connectivity index (χ1) is 8.00. The molecule has 1 heterocycles. The third-order valence-corrected chi connectivity index (χ3v) is 3.39. The summed E-state index contributed by atoms with van der Waals surface area (Å²) in [7, 11) is 0. The molecule has 0 radical (unpaired) electrons. The molecular weight excluding hydrogens is 258 g/mol. The van der Waals surface area contributed by atoms with Gasteiger partial charge in [-0.05, 0) is 19.2 Å². The van der Waals surface area contributed by atoms with E-state index in [1.54, 1.807) is 24.8 Å². The topological polar surface area (TPSA) is 68.9 Å². The van der Waals surface area contributed by atoms with E-state index < -0.39 is 5.60 Å². The number of halogens is 1. The Balaban J connectivity index is 2.74. The lowest BCUT2D eigenvalue weighted by atomic mass is 10.1. The van der Waals surface area contributed by atoms with E-state index in [0.717, 1.165) is 0 Å². The van der Waals surface area contributed by atoms with E-state index in [1.165, 1.54) is 6.20 Å². The number of hydrogen-bond donors (Lipinski definition) is 2. The normalized spacial score (nSPS) is 13.8. The molecule has 0 bridgehead atoms. The van der Waals surface area contributed by atoms with Crippen molar-refractivity contribution in [2.75, 3.05) is 23.9 Å². The molecule has 4 nitrogen and oxygen atoms in total. The van der Waals surface area contributed by atoms with Crippen molar-refractivity contribution in [2.45, 2.75) is 12.5 Å². The highest BCUT2D eigenvalue weighted by Gasteiger charge is 2.20. The molecule has 1 aromatic heterocycles. The number of nitriles is 1. The van der Waals surface area contributed by atoms with E-state index in [0.29, 0.717) is 23.7 Å². The van der Waals surface area contributed by atoms with Crippen molar-refractivity contribution in [3.8, 4) is 6.07 Å². The van der Waals surface area contributed by atoms with Gasteiger partial charge in [0.05, 0.1) is 11.2 Å². The number of thioether (sulfide) groups is 1. The van der Waals surface area contributed by atoms with Crippen LogP contribution < -0.4 is 5.32 Å². The van der Waals surface area contributed by atoms with E-state index in [-0.39, 0.29) is 5.02 Å². The Morgan fingerprint density at radius 2 is 2.41 bits per heavy atom. The van der Waals surface area contributed by atoms with Gasteiger partial charge in [0.2, 0.25) is 0 Å². The zero-order chi connectivity index (χ0) is 12.9. The summed E-state index contributed by atoms with van der Waals surface area (Å²) in [6, 6.07) is 3.53. The molecule has 1 atom stereocenters. The lowest BCUT2D eigenvalue weighted by molar-refractivity contribution is 0.0996. The highest BCUT2D eigenvalue weighted by Crippen LogP contribution is 2.23. The van der Waals surface area contributed by atoms with Gasteiger partial charge in [-0.1, -0.05) is 11.6 Å². The van der Waals surface area contributed by atoms with Crippen LogP contribution in [-0.4, -0.2) is 34.2 Å². The molecule has 0 aliphatic carbocycles. The Morgan fingerprint density at radius 3 is 3.00 bits per heavy atom. The Morgan fingerprint density at radius 1 is 1.71 bits per heavy atom. The first kappa shape index (κ1) is 14.1. The fourth-order valence-corrected chi connectivity index (χ4v) is 2.23. The summed E-state index contributed by atoms with van der Waals surface area (Å²) in [5.74, 6) is 1.03. The van der Waals surface area contributed by atoms with Gasteiger partial charge in [0.25, 0.3) is 0 Å². The number of nitrogens with zero attached hydrogens (tertiary/aromatic N) is 2. The number of anilines is 1. The largest absolute Gasteiger partial charge is 0.387 e. The van der Waals surface area contributed by atoms with Crippen LogP contribution in [-0.2, 0) is 0 Å². The molecule has 1 aromatic rings. The van der Waals surface area contributed by atoms with E-state index in [9.17, 15) is 5.11 Å². The van der Waals surface area contributed by atoms with Gasteiger partial charge in [-0.3, -0.25) is 0 Å². The number of pyridine rings is 1. The summed E-state index contributed by atoms with van der Waals surface area (Å²) in [5, 5.41) is 22.0. The highest BCUT2D eigenvalue weighted by atomic mass is 35.5. The van der Waals surface area contributed by atoms with Gasteiger partial charge in [0, 0.05) is 18.5 Å². The van der Waals surface area contributed by atoms with Gasteiger partial charge >= 0.3 is 0 Å². The van der Waals surface area contributed by atoms with Crippen molar-refractivity contribution in [2.24, 2.45) is 0 Å². The van der Waals surface area contributed by atoms with E-state index in [4.69, 9.17) is 16.9 Å². The molecule has 1 unspecified atom stereocenters. The van der Waals surface area contributed by atoms with Crippen LogP contribution >= 0.6 is 23.4 Å². The molecule has 2 N–H and O–H groups in total. The van der Waals surface area contributed by atoms with Crippen molar-refractivity contribution in [3.05, 3.63) is 22.8 Å². The third-order valence-electron chi connectivity index (χ3n) is 2.10. The Hall–Kier alpha value is -0.960. The zero-order valence-electron chi connectivity index (χ0n) is 9.70. The molecule has 0 spiro atoms. The lowest BCUT2D eigenvalue weighted by Gasteiger charge is -2.23. The van der Waals surface area contributed by atoms with Crippen molar-refractivity contribution < 1.29 is 5.11 Å². The second-order valence-corrected chi connectivity index (χ2v) is 5.16. The maximum absolute atomic E-state index is 9.97. The maximum Gasteiger partial charge on any atom is 0.146 e. The molecule has 0 aromatic carbocycles. The third kappa shape index (κ3) is 4.08. The fraction of sp³-hybridized carbons (Fsp3) is 0.455. The summed E-state index contributed by atoms with van der Waals surface area (Å²) < 4.78 is 0. The van der Waals surface area contributed by atoms with Gasteiger partial charge < -0.3 is 10.4 Å². The number of aliphatic hydroxyl groups is 1. The molecule has 1 rings (SSSR count). The second kappa shape index (κ2) is 6.10. The Kier molecular flexibility index (Phi) is 5.06. The van der Waals surface area contributed by atoms with E-state index in [1.807, 2.05) is 12.3 Å². The lowest BCUT2D eigenvalue weighted by Crippen LogP contribution is -2.36. The molecule has 92 valence electrons. The molecular formula is C11H14ClN3OS. The monoisotopic (exact) mass is 271 g/mol. The van der Waals surface area contributed by atoms with Gasteiger partial charge in [-0.15, -0.1) is 0 Å². The molecule has 0 aliphatic heterocycles. The molecule has 0 aliphatic rings. The van der Waals surface area contributed by atoms with Crippen LogP contribution in [0.2, 0.25) is 5.02 Å². The summed E-state index contributed by atoms with van der Waals surface area (Å²) in [6.07, 6.45) is 3.44. The van der Waals surface area contributed by atoms with Crippen molar-refractivity contribution >= 4 is 29.2 Å². The molecule has 0 amide bonds. The average Bonchev–Trinajstić information content (AvgIpc) is 2.28. The van der Waals surface area contributed by atoms with Gasteiger partial charge in [0.15, 0.2) is 0 Å². The number of nitrogens with one attached hydrogen (secondary N) is 1. The molecule has 0 saturated heterocycles. The number of rotatable bonds is 5. The zero-order valence-corrected chi connectivity index (χ0v) is 11.3. The van der Waals surface area contributed by atoms with Crippen LogP contribution in [0.15, 0.2) is 12.3 Å². The summed E-state index contributed by atoms with van der Waals surface area (Å²) >= 11 is 7.54. The molecule has 0 fully saturated rings.